The Bertz CT molecular complexity index is 540. The number of hydrogen-bond acceptors (Lipinski definition) is 5. The lowest BCUT2D eigenvalue weighted by atomic mass is 10.1. The Morgan fingerprint density at radius 3 is 2.95 bits per heavy atom. The van der Waals surface area contributed by atoms with E-state index < -0.39 is 0 Å². The zero-order valence-electron chi connectivity index (χ0n) is 11.9. The molecule has 20 heavy (non-hydrogen) atoms. The molecule has 0 fully saturated rings. The number of ether oxygens (including phenoxy) is 1. The summed E-state index contributed by atoms with van der Waals surface area (Å²) in [4.78, 5) is 4.20. The van der Waals surface area contributed by atoms with Gasteiger partial charge in [-0.3, -0.25) is 16.0 Å². The van der Waals surface area contributed by atoms with Gasteiger partial charge in [-0.1, -0.05) is 12.1 Å². The lowest BCUT2D eigenvalue weighted by Crippen LogP contribution is -2.38. The highest BCUT2D eigenvalue weighted by atomic mass is 16.5. The van der Waals surface area contributed by atoms with Crippen LogP contribution in [0.3, 0.4) is 0 Å². The average Bonchev–Trinajstić information content (AvgIpc) is 2.83. The first-order valence-corrected chi connectivity index (χ1v) is 6.67. The van der Waals surface area contributed by atoms with E-state index in [-0.39, 0.29) is 6.04 Å². The second kappa shape index (κ2) is 7.02. The molecule has 2 aromatic rings. The Balaban J connectivity index is 1.81. The Kier molecular flexibility index (Phi) is 5.09. The van der Waals surface area contributed by atoms with Crippen LogP contribution in [0.4, 0.5) is 0 Å². The highest BCUT2D eigenvalue weighted by molar-refractivity contribution is 5.27. The number of aromatic nitrogens is 3. The van der Waals surface area contributed by atoms with Crippen molar-refractivity contribution in [3.8, 4) is 5.75 Å². The molecular weight excluding hydrogens is 254 g/mol. The number of hydrogen-bond donors (Lipinski definition) is 2. The lowest BCUT2D eigenvalue weighted by Gasteiger charge is -2.15. The first-order chi connectivity index (χ1) is 9.69. The molecule has 0 spiro atoms. The van der Waals surface area contributed by atoms with E-state index in [4.69, 9.17) is 10.6 Å². The monoisotopic (exact) mass is 275 g/mol. The minimum Gasteiger partial charge on any atom is -0.494 e. The molecule has 1 aromatic carbocycles. The molecule has 0 bridgehead atoms. The standard InChI is InChI=1S/C14H21N5O/c1-11-4-3-5-13(8-11)20-7-6-12(18-15)9-14-16-10-17-19(14)2/h3-5,8,10,12,18H,6-7,9,15H2,1-2H3. The van der Waals surface area contributed by atoms with Crippen LogP contribution in [0.25, 0.3) is 0 Å². The van der Waals surface area contributed by atoms with Crippen molar-refractivity contribution < 1.29 is 4.74 Å². The Hall–Kier alpha value is -1.92. The molecule has 1 heterocycles. The van der Waals surface area contributed by atoms with E-state index in [2.05, 4.69) is 15.5 Å². The van der Waals surface area contributed by atoms with Gasteiger partial charge in [-0.05, 0) is 31.0 Å². The summed E-state index contributed by atoms with van der Waals surface area (Å²) < 4.78 is 7.49. The molecule has 1 atom stereocenters. The molecule has 108 valence electrons. The van der Waals surface area contributed by atoms with E-state index in [0.29, 0.717) is 6.61 Å². The van der Waals surface area contributed by atoms with Crippen LogP contribution in [0.15, 0.2) is 30.6 Å². The summed E-state index contributed by atoms with van der Waals surface area (Å²) in [5.41, 5.74) is 3.99. The fourth-order valence-electron chi connectivity index (χ4n) is 1.99. The van der Waals surface area contributed by atoms with Gasteiger partial charge in [0.05, 0.1) is 6.61 Å². The second-order valence-corrected chi connectivity index (χ2v) is 4.82. The van der Waals surface area contributed by atoms with Gasteiger partial charge in [-0.2, -0.15) is 5.10 Å². The van der Waals surface area contributed by atoms with Gasteiger partial charge in [0.15, 0.2) is 0 Å². The van der Waals surface area contributed by atoms with Crippen molar-refractivity contribution in [3.63, 3.8) is 0 Å². The predicted molar refractivity (Wildman–Crippen MR) is 77.1 cm³/mol. The third-order valence-corrected chi connectivity index (χ3v) is 3.19. The number of nitrogens with zero attached hydrogens (tertiary/aromatic N) is 3. The number of rotatable bonds is 7. The number of hydrazine groups is 1. The maximum Gasteiger partial charge on any atom is 0.138 e. The molecule has 1 aromatic heterocycles. The summed E-state index contributed by atoms with van der Waals surface area (Å²) in [6.07, 6.45) is 3.08. The summed E-state index contributed by atoms with van der Waals surface area (Å²) in [5, 5.41) is 4.05. The zero-order valence-corrected chi connectivity index (χ0v) is 11.9. The van der Waals surface area contributed by atoms with Gasteiger partial charge in [0.2, 0.25) is 0 Å². The fourth-order valence-corrected chi connectivity index (χ4v) is 1.99. The molecule has 6 nitrogen and oxygen atoms in total. The summed E-state index contributed by atoms with van der Waals surface area (Å²) in [5.74, 6) is 7.37. The highest BCUT2D eigenvalue weighted by Gasteiger charge is 2.11. The van der Waals surface area contributed by atoms with Gasteiger partial charge in [-0.25, -0.2) is 4.98 Å². The van der Waals surface area contributed by atoms with E-state index in [9.17, 15) is 0 Å². The molecule has 0 aliphatic rings. The van der Waals surface area contributed by atoms with Crippen molar-refractivity contribution in [1.82, 2.24) is 20.2 Å². The van der Waals surface area contributed by atoms with Crippen LogP contribution in [0.1, 0.15) is 17.8 Å². The minimum atomic E-state index is 0.114. The highest BCUT2D eigenvalue weighted by Crippen LogP contribution is 2.13. The lowest BCUT2D eigenvalue weighted by molar-refractivity contribution is 0.283. The maximum absolute atomic E-state index is 5.73. The first-order valence-electron chi connectivity index (χ1n) is 6.67. The van der Waals surface area contributed by atoms with Gasteiger partial charge in [-0.15, -0.1) is 0 Å². The molecule has 0 saturated carbocycles. The molecule has 0 aliphatic carbocycles. The van der Waals surface area contributed by atoms with Crippen LogP contribution < -0.4 is 16.0 Å². The fraction of sp³-hybridized carbons (Fsp3) is 0.429. The van der Waals surface area contributed by atoms with Crippen LogP contribution >= 0.6 is 0 Å². The van der Waals surface area contributed by atoms with Gasteiger partial charge in [0.25, 0.3) is 0 Å². The molecule has 0 saturated heterocycles. The van der Waals surface area contributed by atoms with E-state index in [1.165, 1.54) is 5.56 Å². The Morgan fingerprint density at radius 2 is 2.30 bits per heavy atom. The number of benzene rings is 1. The van der Waals surface area contributed by atoms with Gasteiger partial charge in [0.1, 0.15) is 17.9 Å². The molecular formula is C14H21N5O. The molecule has 0 aliphatic heterocycles. The molecule has 6 heteroatoms. The Morgan fingerprint density at radius 1 is 1.45 bits per heavy atom. The number of aryl methyl sites for hydroxylation is 2. The van der Waals surface area contributed by atoms with E-state index in [0.717, 1.165) is 24.4 Å². The van der Waals surface area contributed by atoms with Crippen molar-refractivity contribution in [2.45, 2.75) is 25.8 Å². The Labute approximate surface area is 118 Å². The largest absolute Gasteiger partial charge is 0.494 e. The van der Waals surface area contributed by atoms with Crippen molar-refractivity contribution in [3.05, 3.63) is 42.0 Å². The van der Waals surface area contributed by atoms with Crippen molar-refractivity contribution >= 4 is 0 Å². The molecule has 0 amide bonds. The van der Waals surface area contributed by atoms with Gasteiger partial charge in [0, 0.05) is 19.5 Å². The topological polar surface area (TPSA) is 78.0 Å². The van der Waals surface area contributed by atoms with E-state index in [1.807, 2.05) is 38.2 Å². The van der Waals surface area contributed by atoms with E-state index in [1.54, 1.807) is 11.0 Å². The summed E-state index contributed by atoms with van der Waals surface area (Å²) in [7, 11) is 1.87. The number of nitrogens with two attached hydrogens (primary N) is 1. The summed E-state index contributed by atoms with van der Waals surface area (Å²) in [6, 6.07) is 8.13. The van der Waals surface area contributed by atoms with Crippen molar-refractivity contribution in [2.24, 2.45) is 12.9 Å². The normalized spacial score (nSPS) is 12.3. The quantitative estimate of drug-likeness (QED) is 0.581. The molecule has 2 rings (SSSR count). The third-order valence-electron chi connectivity index (χ3n) is 3.19. The van der Waals surface area contributed by atoms with Gasteiger partial charge >= 0.3 is 0 Å². The van der Waals surface area contributed by atoms with Crippen LogP contribution in [-0.2, 0) is 13.5 Å². The molecule has 1 unspecified atom stereocenters. The smallest absolute Gasteiger partial charge is 0.138 e. The SMILES string of the molecule is Cc1cccc(OCCC(Cc2ncnn2C)NN)c1. The third kappa shape index (κ3) is 4.04. The summed E-state index contributed by atoms with van der Waals surface area (Å²) in [6.45, 7) is 2.65. The van der Waals surface area contributed by atoms with Crippen molar-refractivity contribution in [2.75, 3.05) is 6.61 Å². The zero-order chi connectivity index (χ0) is 14.4. The van der Waals surface area contributed by atoms with E-state index >= 15 is 0 Å². The average molecular weight is 275 g/mol. The predicted octanol–water partition coefficient (Wildman–Crippen LogP) is 0.967. The minimum absolute atomic E-state index is 0.114. The van der Waals surface area contributed by atoms with Gasteiger partial charge < -0.3 is 4.74 Å². The van der Waals surface area contributed by atoms with Crippen LogP contribution in [0, 0.1) is 6.92 Å². The molecule has 3 N–H and O–H groups in total. The second-order valence-electron chi connectivity index (χ2n) is 4.82. The van der Waals surface area contributed by atoms with Crippen LogP contribution in [0.2, 0.25) is 0 Å². The van der Waals surface area contributed by atoms with Crippen LogP contribution in [-0.4, -0.2) is 27.4 Å². The van der Waals surface area contributed by atoms with Crippen molar-refractivity contribution in [1.29, 1.82) is 0 Å². The maximum atomic E-state index is 5.73. The number of nitrogens with one attached hydrogen (secondary N) is 1. The summed E-state index contributed by atoms with van der Waals surface area (Å²) >= 11 is 0. The molecule has 0 radical (unpaired) electrons. The van der Waals surface area contributed by atoms with Crippen LogP contribution in [0.5, 0.6) is 5.75 Å². The first kappa shape index (κ1) is 14.5.